The van der Waals surface area contributed by atoms with Crippen molar-refractivity contribution in [3.63, 3.8) is 0 Å². The first-order valence-corrected chi connectivity index (χ1v) is 6.52. The van der Waals surface area contributed by atoms with Crippen molar-refractivity contribution < 1.29 is 4.79 Å². The minimum Gasteiger partial charge on any atom is -0.350 e. The summed E-state index contributed by atoms with van der Waals surface area (Å²) in [6, 6.07) is 5.10. The van der Waals surface area contributed by atoms with Gasteiger partial charge in [0.1, 0.15) is 5.56 Å². The molecule has 0 fully saturated rings. The van der Waals surface area contributed by atoms with E-state index in [0.29, 0.717) is 5.69 Å². The number of carbonyl (C=O) groups excluding carboxylic acids is 1. The van der Waals surface area contributed by atoms with Gasteiger partial charge in [-0.15, -0.1) is 0 Å². The van der Waals surface area contributed by atoms with Crippen LogP contribution in [0, 0.1) is 0 Å². The van der Waals surface area contributed by atoms with E-state index in [2.05, 4.69) is 15.3 Å². The summed E-state index contributed by atoms with van der Waals surface area (Å²) < 4.78 is 0.956. The molecule has 0 unspecified atom stereocenters. The summed E-state index contributed by atoms with van der Waals surface area (Å²) in [5.74, 6) is -0.513. The summed E-state index contributed by atoms with van der Waals surface area (Å²) in [6.45, 7) is 3.59. The Balaban J connectivity index is 2.40. The summed E-state index contributed by atoms with van der Waals surface area (Å²) in [7, 11) is 0. The zero-order valence-electron chi connectivity index (χ0n) is 11.8. The summed E-state index contributed by atoms with van der Waals surface area (Å²) >= 11 is 0. The fraction of sp³-hybridized carbons (Fsp3) is 0.286. The molecule has 0 aliphatic rings. The van der Waals surface area contributed by atoms with Gasteiger partial charge >= 0.3 is 5.69 Å². The van der Waals surface area contributed by atoms with Crippen LogP contribution in [-0.4, -0.2) is 26.5 Å². The van der Waals surface area contributed by atoms with Crippen LogP contribution in [0.15, 0.2) is 40.2 Å². The molecule has 0 saturated heterocycles. The number of aromatic nitrogens is 3. The molecule has 0 atom stereocenters. The highest BCUT2D eigenvalue weighted by Gasteiger charge is 2.15. The fourth-order valence-corrected chi connectivity index (χ4v) is 1.81. The van der Waals surface area contributed by atoms with Gasteiger partial charge in [0.15, 0.2) is 0 Å². The quantitative estimate of drug-likeness (QED) is 0.835. The van der Waals surface area contributed by atoms with E-state index < -0.39 is 17.2 Å². The van der Waals surface area contributed by atoms with E-state index in [9.17, 15) is 14.4 Å². The van der Waals surface area contributed by atoms with Crippen LogP contribution < -0.4 is 16.6 Å². The largest absolute Gasteiger partial charge is 0.350 e. The molecule has 1 amide bonds. The molecule has 0 aliphatic heterocycles. The van der Waals surface area contributed by atoms with Crippen molar-refractivity contribution in [2.75, 3.05) is 0 Å². The monoisotopic (exact) mass is 288 g/mol. The highest BCUT2D eigenvalue weighted by atomic mass is 16.2. The number of nitrogens with one attached hydrogen (secondary N) is 2. The Bertz CT molecular complexity index is 747. The van der Waals surface area contributed by atoms with Crippen LogP contribution in [-0.2, 0) is 6.54 Å². The van der Waals surface area contributed by atoms with E-state index >= 15 is 0 Å². The number of hydrogen-bond acceptors (Lipinski definition) is 4. The first-order chi connectivity index (χ1) is 9.99. The molecule has 2 aromatic heterocycles. The molecule has 2 aromatic rings. The summed E-state index contributed by atoms with van der Waals surface area (Å²) in [6.07, 6.45) is 2.71. The Hall–Kier alpha value is -2.70. The molecule has 0 radical (unpaired) electrons. The second-order valence-corrected chi connectivity index (χ2v) is 4.85. The molecular weight excluding hydrogens is 272 g/mol. The Labute approximate surface area is 120 Å². The SMILES string of the molecule is CC(C)NC(=O)c1c[nH]c(=O)n(Cc2ccccn2)c1=O. The maximum Gasteiger partial charge on any atom is 0.328 e. The van der Waals surface area contributed by atoms with Gasteiger partial charge in [-0.1, -0.05) is 6.07 Å². The molecule has 7 nitrogen and oxygen atoms in total. The van der Waals surface area contributed by atoms with E-state index in [-0.39, 0.29) is 18.2 Å². The molecule has 110 valence electrons. The molecule has 21 heavy (non-hydrogen) atoms. The van der Waals surface area contributed by atoms with E-state index in [1.807, 2.05) is 0 Å². The van der Waals surface area contributed by atoms with Crippen molar-refractivity contribution in [3.05, 3.63) is 62.7 Å². The number of H-pyrrole nitrogens is 1. The third-order valence-corrected chi connectivity index (χ3v) is 2.77. The van der Waals surface area contributed by atoms with Crippen LogP contribution in [0.25, 0.3) is 0 Å². The van der Waals surface area contributed by atoms with Crippen molar-refractivity contribution in [1.82, 2.24) is 19.9 Å². The second kappa shape index (κ2) is 6.17. The smallest absolute Gasteiger partial charge is 0.328 e. The van der Waals surface area contributed by atoms with E-state index in [0.717, 1.165) is 10.8 Å². The van der Waals surface area contributed by atoms with Crippen LogP contribution in [0.2, 0.25) is 0 Å². The van der Waals surface area contributed by atoms with Gasteiger partial charge < -0.3 is 10.3 Å². The van der Waals surface area contributed by atoms with Crippen LogP contribution in [0.3, 0.4) is 0 Å². The fourth-order valence-electron chi connectivity index (χ4n) is 1.81. The van der Waals surface area contributed by atoms with Crippen molar-refractivity contribution in [2.45, 2.75) is 26.4 Å². The Morgan fingerprint density at radius 2 is 2.14 bits per heavy atom. The maximum atomic E-state index is 12.3. The van der Waals surface area contributed by atoms with Crippen LogP contribution in [0.5, 0.6) is 0 Å². The summed E-state index contributed by atoms with van der Waals surface area (Å²) in [5.41, 5.74) is -0.750. The van der Waals surface area contributed by atoms with Crippen molar-refractivity contribution in [1.29, 1.82) is 0 Å². The first-order valence-electron chi connectivity index (χ1n) is 6.52. The van der Waals surface area contributed by atoms with Gasteiger partial charge in [-0.3, -0.25) is 19.1 Å². The predicted molar refractivity (Wildman–Crippen MR) is 77.3 cm³/mol. The van der Waals surface area contributed by atoms with E-state index in [4.69, 9.17) is 0 Å². The highest BCUT2D eigenvalue weighted by Crippen LogP contribution is 1.95. The lowest BCUT2D eigenvalue weighted by Gasteiger charge is -2.09. The minimum atomic E-state index is -0.637. The maximum absolute atomic E-state index is 12.3. The number of pyridine rings is 1. The zero-order chi connectivity index (χ0) is 15.4. The first kappa shape index (κ1) is 14.7. The van der Waals surface area contributed by atoms with Gasteiger partial charge in [0, 0.05) is 18.4 Å². The highest BCUT2D eigenvalue weighted by molar-refractivity contribution is 5.93. The van der Waals surface area contributed by atoms with E-state index in [1.54, 1.807) is 38.2 Å². The Morgan fingerprint density at radius 1 is 1.38 bits per heavy atom. The van der Waals surface area contributed by atoms with Gasteiger partial charge in [0.05, 0.1) is 12.2 Å². The number of hydrogen-bond donors (Lipinski definition) is 2. The number of amides is 1. The molecule has 0 bridgehead atoms. The minimum absolute atomic E-state index is 0.0117. The average Bonchev–Trinajstić information content (AvgIpc) is 2.43. The topological polar surface area (TPSA) is 96.8 Å². The molecule has 0 saturated carbocycles. The molecule has 0 aromatic carbocycles. The van der Waals surface area contributed by atoms with Gasteiger partial charge in [-0.05, 0) is 26.0 Å². The lowest BCUT2D eigenvalue weighted by atomic mass is 10.2. The number of rotatable bonds is 4. The van der Waals surface area contributed by atoms with Gasteiger partial charge in [0.2, 0.25) is 0 Å². The molecule has 2 N–H and O–H groups in total. The molecule has 2 heterocycles. The number of carbonyl (C=O) groups is 1. The zero-order valence-corrected chi connectivity index (χ0v) is 11.8. The van der Waals surface area contributed by atoms with Crippen molar-refractivity contribution in [3.8, 4) is 0 Å². The number of nitrogens with zero attached hydrogens (tertiary/aromatic N) is 2. The van der Waals surface area contributed by atoms with Crippen LogP contribution in [0.1, 0.15) is 29.9 Å². The normalized spacial score (nSPS) is 10.6. The molecule has 0 aliphatic carbocycles. The third-order valence-electron chi connectivity index (χ3n) is 2.77. The standard InChI is InChI=1S/C14H16N4O3/c1-9(2)17-12(19)11-7-16-14(21)18(13(11)20)8-10-5-3-4-6-15-10/h3-7,9H,8H2,1-2H3,(H,16,21)(H,17,19). The summed E-state index contributed by atoms with van der Waals surface area (Å²) in [4.78, 5) is 42.5. The lowest BCUT2D eigenvalue weighted by Crippen LogP contribution is -2.42. The molecule has 2 rings (SSSR count). The van der Waals surface area contributed by atoms with Gasteiger partial charge in [0.25, 0.3) is 11.5 Å². The lowest BCUT2D eigenvalue weighted by molar-refractivity contribution is 0.0940. The molecular formula is C14H16N4O3. The Kier molecular flexibility index (Phi) is 4.32. The second-order valence-electron chi connectivity index (χ2n) is 4.85. The Morgan fingerprint density at radius 3 is 2.76 bits per heavy atom. The molecule has 7 heteroatoms. The van der Waals surface area contributed by atoms with Crippen LogP contribution >= 0.6 is 0 Å². The van der Waals surface area contributed by atoms with Crippen LogP contribution in [0.4, 0.5) is 0 Å². The average molecular weight is 288 g/mol. The van der Waals surface area contributed by atoms with Crippen molar-refractivity contribution in [2.24, 2.45) is 0 Å². The van der Waals surface area contributed by atoms with Crippen molar-refractivity contribution >= 4 is 5.91 Å². The van der Waals surface area contributed by atoms with Gasteiger partial charge in [-0.25, -0.2) is 4.79 Å². The molecule has 0 spiro atoms. The predicted octanol–water partition coefficient (Wildman–Crippen LogP) is 0.118. The van der Waals surface area contributed by atoms with Gasteiger partial charge in [-0.2, -0.15) is 0 Å². The summed E-state index contributed by atoms with van der Waals surface area (Å²) in [5, 5.41) is 2.62. The van der Waals surface area contributed by atoms with E-state index in [1.165, 1.54) is 0 Å². The number of aromatic amines is 1. The third kappa shape index (κ3) is 3.44.